The molecule has 2 saturated carbocycles. The average molecular weight is 182 g/mol. The number of carbonyl (C=O) groups excluding carboxylic acids is 1. The predicted octanol–water partition coefficient (Wildman–Crippen LogP) is 2.05. The van der Waals surface area contributed by atoms with Gasteiger partial charge in [0.15, 0.2) is 0 Å². The van der Waals surface area contributed by atoms with Crippen LogP contribution in [0.15, 0.2) is 0 Å². The molecule has 1 spiro atoms. The zero-order valence-corrected chi connectivity index (χ0v) is 8.09. The molecule has 0 radical (unpaired) electrons. The third-order valence-corrected chi connectivity index (χ3v) is 3.65. The Balaban J connectivity index is 2.04. The lowest BCUT2D eigenvalue weighted by molar-refractivity contribution is -0.125. The van der Waals surface area contributed by atoms with Gasteiger partial charge in [-0.1, -0.05) is 6.42 Å². The maximum atomic E-state index is 11.4. The van der Waals surface area contributed by atoms with Crippen molar-refractivity contribution in [3.05, 3.63) is 0 Å². The van der Waals surface area contributed by atoms with Gasteiger partial charge in [0, 0.05) is 12.8 Å². The number of aliphatic hydroxyl groups excluding tert-OH is 1. The largest absolute Gasteiger partial charge is 0.393 e. The second-order valence-electron chi connectivity index (χ2n) is 4.82. The zero-order chi connectivity index (χ0) is 9.31. The van der Waals surface area contributed by atoms with Gasteiger partial charge in [-0.25, -0.2) is 0 Å². The lowest BCUT2D eigenvalue weighted by Crippen LogP contribution is -2.36. The zero-order valence-electron chi connectivity index (χ0n) is 8.09. The van der Waals surface area contributed by atoms with E-state index < -0.39 is 0 Å². The number of carbonyl (C=O) groups is 1. The summed E-state index contributed by atoms with van der Waals surface area (Å²) >= 11 is 0. The summed E-state index contributed by atoms with van der Waals surface area (Å²) in [6.45, 7) is 0. The Morgan fingerprint density at radius 2 is 2.08 bits per heavy atom. The summed E-state index contributed by atoms with van der Waals surface area (Å²) in [7, 11) is 0. The lowest BCUT2D eigenvalue weighted by Gasteiger charge is -2.41. The monoisotopic (exact) mass is 182 g/mol. The Bertz CT molecular complexity index is 208. The van der Waals surface area contributed by atoms with Crippen molar-refractivity contribution in [1.29, 1.82) is 0 Å². The van der Waals surface area contributed by atoms with Crippen molar-refractivity contribution in [2.45, 2.75) is 57.5 Å². The van der Waals surface area contributed by atoms with Gasteiger partial charge >= 0.3 is 0 Å². The highest BCUT2D eigenvalue weighted by molar-refractivity contribution is 5.79. The number of ketones is 1. The molecule has 13 heavy (non-hydrogen) atoms. The molecule has 0 bridgehead atoms. The highest BCUT2D eigenvalue weighted by atomic mass is 16.3. The van der Waals surface area contributed by atoms with Crippen LogP contribution in [0.25, 0.3) is 0 Å². The van der Waals surface area contributed by atoms with E-state index in [4.69, 9.17) is 0 Å². The second-order valence-corrected chi connectivity index (χ2v) is 4.82. The minimum absolute atomic E-state index is 0.139. The molecule has 0 aliphatic heterocycles. The van der Waals surface area contributed by atoms with Crippen molar-refractivity contribution in [3.8, 4) is 0 Å². The molecular weight excluding hydrogens is 164 g/mol. The lowest BCUT2D eigenvalue weighted by atomic mass is 9.64. The fraction of sp³-hybridized carbons (Fsp3) is 0.909. The van der Waals surface area contributed by atoms with E-state index in [1.807, 2.05) is 0 Å². The SMILES string of the molecule is O=C1CCC[C@]2(CCC[C@H](O)C2)C1. The van der Waals surface area contributed by atoms with E-state index in [1.165, 1.54) is 0 Å². The normalized spacial score (nSPS) is 41.0. The summed E-state index contributed by atoms with van der Waals surface area (Å²) in [5, 5.41) is 9.60. The van der Waals surface area contributed by atoms with Gasteiger partial charge in [0.05, 0.1) is 6.10 Å². The van der Waals surface area contributed by atoms with Crippen molar-refractivity contribution < 1.29 is 9.90 Å². The molecule has 2 aliphatic rings. The van der Waals surface area contributed by atoms with E-state index in [0.29, 0.717) is 5.78 Å². The molecule has 0 unspecified atom stereocenters. The topological polar surface area (TPSA) is 37.3 Å². The van der Waals surface area contributed by atoms with Gasteiger partial charge < -0.3 is 5.11 Å². The molecule has 0 amide bonds. The maximum absolute atomic E-state index is 11.4. The molecule has 0 aromatic rings. The molecule has 2 atom stereocenters. The molecule has 2 fully saturated rings. The van der Waals surface area contributed by atoms with Crippen LogP contribution >= 0.6 is 0 Å². The summed E-state index contributed by atoms with van der Waals surface area (Å²) in [4.78, 5) is 11.4. The number of aliphatic hydroxyl groups is 1. The number of rotatable bonds is 0. The summed E-state index contributed by atoms with van der Waals surface area (Å²) in [5.74, 6) is 0.417. The molecule has 0 heterocycles. The molecule has 0 aromatic carbocycles. The number of hydrogen-bond donors (Lipinski definition) is 1. The van der Waals surface area contributed by atoms with Gasteiger partial charge in [-0.3, -0.25) is 4.79 Å². The molecular formula is C11H18O2. The highest BCUT2D eigenvalue weighted by Gasteiger charge is 2.39. The minimum atomic E-state index is -0.139. The fourth-order valence-electron chi connectivity index (χ4n) is 3.06. The Morgan fingerprint density at radius 1 is 1.31 bits per heavy atom. The van der Waals surface area contributed by atoms with Crippen molar-refractivity contribution in [1.82, 2.24) is 0 Å². The maximum Gasteiger partial charge on any atom is 0.133 e. The van der Waals surface area contributed by atoms with Gasteiger partial charge in [-0.2, -0.15) is 0 Å². The highest BCUT2D eigenvalue weighted by Crippen LogP contribution is 2.46. The molecule has 1 N–H and O–H groups in total. The fourth-order valence-corrected chi connectivity index (χ4v) is 3.06. The number of Topliss-reactive ketones (excluding diaryl/α,β-unsaturated/α-hetero) is 1. The predicted molar refractivity (Wildman–Crippen MR) is 50.4 cm³/mol. The minimum Gasteiger partial charge on any atom is -0.393 e. The Morgan fingerprint density at radius 3 is 2.77 bits per heavy atom. The first kappa shape index (κ1) is 9.20. The summed E-state index contributed by atoms with van der Waals surface area (Å²) in [5.41, 5.74) is 0.201. The Hall–Kier alpha value is -0.370. The van der Waals surface area contributed by atoms with Crippen LogP contribution < -0.4 is 0 Å². The first-order valence-corrected chi connectivity index (χ1v) is 5.40. The third-order valence-electron chi connectivity index (χ3n) is 3.65. The van der Waals surface area contributed by atoms with E-state index in [2.05, 4.69) is 0 Å². The Labute approximate surface area is 79.3 Å². The van der Waals surface area contributed by atoms with Crippen LogP contribution in [-0.2, 0) is 4.79 Å². The Kier molecular flexibility index (Phi) is 2.41. The third kappa shape index (κ3) is 1.93. The van der Waals surface area contributed by atoms with E-state index in [1.54, 1.807) is 0 Å². The molecule has 2 rings (SSSR count). The van der Waals surface area contributed by atoms with E-state index in [0.717, 1.165) is 51.4 Å². The standard InChI is InChI=1S/C11H18O2/c12-9-3-1-5-11(7-9)6-2-4-10(13)8-11/h9,12H,1-8H2/t9-,11-/m0/s1. The van der Waals surface area contributed by atoms with Crippen LogP contribution in [0.1, 0.15) is 51.4 Å². The van der Waals surface area contributed by atoms with E-state index in [9.17, 15) is 9.90 Å². The van der Waals surface area contributed by atoms with Gasteiger partial charge in [0.2, 0.25) is 0 Å². The van der Waals surface area contributed by atoms with Crippen LogP contribution in [0, 0.1) is 5.41 Å². The van der Waals surface area contributed by atoms with E-state index in [-0.39, 0.29) is 11.5 Å². The van der Waals surface area contributed by atoms with Crippen molar-refractivity contribution in [2.75, 3.05) is 0 Å². The van der Waals surface area contributed by atoms with Crippen LogP contribution in [0.4, 0.5) is 0 Å². The molecule has 74 valence electrons. The molecule has 0 aromatic heterocycles. The van der Waals surface area contributed by atoms with Gasteiger partial charge in [0.25, 0.3) is 0 Å². The first-order chi connectivity index (χ1) is 6.20. The molecule has 2 aliphatic carbocycles. The van der Waals surface area contributed by atoms with Crippen LogP contribution in [0.3, 0.4) is 0 Å². The van der Waals surface area contributed by atoms with Crippen LogP contribution in [-0.4, -0.2) is 17.0 Å². The van der Waals surface area contributed by atoms with E-state index >= 15 is 0 Å². The van der Waals surface area contributed by atoms with Crippen molar-refractivity contribution >= 4 is 5.78 Å². The molecule has 0 saturated heterocycles. The summed E-state index contributed by atoms with van der Waals surface area (Å²) < 4.78 is 0. The van der Waals surface area contributed by atoms with Crippen LogP contribution in [0.2, 0.25) is 0 Å². The molecule has 2 heteroatoms. The van der Waals surface area contributed by atoms with Gasteiger partial charge in [-0.15, -0.1) is 0 Å². The second kappa shape index (κ2) is 3.41. The smallest absolute Gasteiger partial charge is 0.133 e. The van der Waals surface area contributed by atoms with Gasteiger partial charge in [-0.05, 0) is 37.5 Å². The summed E-state index contributed by atoms with van der Waals surface area (Å²) in [6, 6.07) is 0. The van der Waals surface area contributed by atoms with Crippen molar-refractivity contribution in [2.24, 2.45) is 5.41 Å². The number of hydrogen-bond acceptors (Lipinski definition) is 2. The van der Waals surface area contributed by atoms with Crippen LogP contribution in [0.5, 0.6) is 0 Å². The quantitative estimate of drug-likeness (QED) is 0.622. The van der Waals surface area contributed by atoms with Crippen molar-refractivity contribution in [3.63, 3.8) is 0 Å². The first-order valence-electron chi connectivity index (χ1n) is 5.40. The summed E-state index contributed by atoms with van der Waals surface area (Å²) in [6.07, 6.45) is 7.67. The average Bonchev–Trinajstić information content (AvgIpc) is 2.02. The van der Waals surface area contributed by atoms with Gasteiger partial charge in [0.1, 0.15) is 5.78 Å². The molecule has 2 nitrogen and oxygen atoms in total.